The molecule has 5 nitrogen and oxygen atoms in total. The Balaban J connectivity index is 1.34. The highest BCUT2D eigenvalue weighted by Gasteiger charge is 2.30. The number of hydrogen-bond acceptors (Lipinski definition) is 5. The number of pyridine rings is 1. The van der Waals surface area contributed by atoms with E-state index in [0.29, 0.717) is 10.0 Å². The molecule has 2 aromatic carbocycles. The van der Waals surface area contributed by atoms with Gasteiger partial charge in [0.25, 0.3) is 0 Å². The number of piperazine rings is 1. The maximum atomic E-state index is 6.60. The Morgan fingerprint density at radius 3 is 2.32 bits per heavy atom. The van der Waals surface area contributed by atoms with Crippen LogP contribution in [0.25, 0.3) is 0 Å². The first-order valence-electron chi connectivity index (χ1n) is 11.5. The first-order chi connectivity index (χ1) is 16.6. The first kappa shape index (κ1) is 23.7. The summed E-state index contributed by atoms with van der Waals surface area (Å²) in [6.07, 6.45) is 2.00. The van der Waals surface area contributed by atoms with Gasteiger partial charge in [-0.15, -0.1) is 0 Å². The van der Waals surface area contributed by atoms with Crippen LogP contribution in [-0.4, -0.2) is 55.8 Å². The van der Waals surface area contributed by atoms with Crippen molar-refractivity contribution in [2.24, 2.45) is 0 Å². The van der Waals surface area contributed by atoms with Crippen LogP contribution in [0.4, 0.5) is 11.5 Å². The van der Waals surface area contributed by atoms with Gasteiger partial charge in [-0.1, -0.05) is 53.0 Å². The molecule has 0 saturated carbocycles. The van der Waals surface area contributed by atoms with E-state index in [1.165, 1.54) is 11.1 Å². The number of nitrogens with zero attached hydrogens (tertiary/aromatic N) is 4. The molecule has 178 valence electrons. The first-order valence-corrected chi connectivity index (χ1v) is 12.7. The SMILES string of the molecule is Clc1ccc([C@@H]2CN(Cc3ccc(N4CCOCC4)nc3)CCN2c2ccc(Cl)cc2Cl)cc1. The summed E-state index contributed by atoms with van der Waals surface area (Å²) in [5, 5.41) is 2.05. The summed E-state index contributed by atoms with van der Waals surface area (Å²) in [6.45, 7) is 6.81. The van der Waals surface area contributed by atoms with Crippen LogP contribution < -0.4 is 9.80 Å². The number of halogens is 3. The molecule has 2 saturated heterocycles. The average Bonchev–Trinajstić information content (AvgIpc) is 2.86. The molecule has 2 fully saturated rings. The lowest BCUT2D eigenvalue weighted by Gasteiger charge is -2.43. The van der Waals surface area contributed by atoms with Crippen LogP contribution in [0.3, 0.4) is 0 Å². The van der Waals surface area contributed by atoms with Gasteiger partial charge in [-0.25, -0.2) is 4.98 Å². The van der Waals surface area contributed by atoms with Crippen molar-refractivity contribution in [3.63, 3.8) is 0 Å². The van der Waals surface area contributed by atoms with E-state index in [0.717, 1.165) is 69.0 Å². The van der Waals surface area contributed by atoms with Crippen molar-refractivity contribution in [1.82, 2.24) is 9.88 Å². The van der Waals surface area contributed by atoms with Gasteiger partial charge < -0.3 is 14.5 Å². The molecule has 1 atom stereocenters. The second-order valence-electron chi connectivity index (χ2n) is 8.72. The Hall–Kier alpha value is -2.02. The summed E-state index contributed by atoms with van der Waals surface area (Å²) in [5.74, 6) is 1.02. The largest absolute Gasteiger partial charge is 0.378 e. The minimum atomic E-state index is 0.144. The maximum absolute atomic E-state index is 6.60. The monoisotopic (exact) mass is 516 g/mol. The third-order valence-corrected chi connectivity index (χ3v) is 7.28. The standard InChI is InChI=1S/C26H27Cl3N4O/c27-21-4-2-20(3-5-21)25-18-31(9-10-33(25)24-7-6-22(28)15-23(24)29)17-19-1-8-26(30-16-19)32-11-13-34-14-12-32/h1-8,15-16,25H,9-14,17-18H2/t25-/m0/s1. The van der Waals surface area contributed by atoms with Gasteiger partial charge in [-0.3, -0.25) is 4.90 Å². The summed E-state index contributed by atoms with van der Waals surface area (Å²) in [7, 11) is 0. The van der Waals surface area contributed by atoms with E-state index in [1.807, 2.05) is 36.5 Å². The van der Waals surface area contributed by atoms with Gasteiger partial charge >= 0.3 is 0 Å². The van der Waals surface area contributed by atoms with Crippen LogP contribution in [0, 0.1) is 0 Å². The highest BCUT2D eigenvalue weighted by molar-refractivity contribution is 6.36. The van der Waals surface area contributed by atoms with Gasteiger partial charge in [0.05, 0.1) is 30.0 Å². The number of hydrogen-bond donors (Lipinski definition) is 0. The van der Waals surface area contributed by atoms with E-state index < -0.39 is 0 Å². The van der Waals surface area contributed by atoms with Crippen molar-refractivity contribution in [3.05, 3.63) is 87.0 Å². The van der Waals surface area contributed by atoms with Gasteiger partial charge in [0.2, 0.25) is 0 Å². The molecule has 0 N–H and O–H groups in total. The van der Waals surface area contributed by atoms with Crippen LogP contribution in [0.5, 0.6) is 0 Å². The van der Waals surface area contributed by atoms with E-state index in [9.17, 15) is 0 Å². The Morgan fingerprint density at radius 2 is 1.62 bits per heavy atom. The van der Waals surface area contributed by atoms with E-state index in [1.54, 1.807) is 0 Å². The number of rotatable bonds is 5. The second-order valence-corrected chi connectivity index (χ2v) is 10.00. The third-order valence-electron chi connectivity index (χ3n) is 6.49. The van der Waals surface area contributed by atoms with Gasteiger partial charge in [0.1, 0.15) is 5.82 Å². The van der Waals surface area contributed by atoms with Gasteiger partial charge in [-0.05, 0) is 47.5 Å². The summed E-state index contributed by atoms with van der Waals surface area (Å²) in [6, 6.07) is 18.3. The Labute approximate surface area is 215 Å². The minimum Gasteiger partial charge on any atom is -0.378 e. The lowest BCUT2D eigenvalue weighted by atomic mass is 10.0. The van der Waals surface area contributed by atoms with Crippen molar-refractivity contribution >= 4 is 46.3 Å². The normalized spacial score (nSPS) is 19.4. The average molecular weight is 518 g/mol. The predicted molar refractivity (Wildman–Crippen MR) is 141 cm³/mol. The van der Waals surface area contributed by atoms with Crippen molar-refractivity contribution < 1.29 is 4.74 Å². The van der Waals surface area contributed by atoms with Crippen LogP contribution >= 0.6 is 34.8 Å². The Morgan fingerprint density at radius 1 is 0.853 bits per heavy atom. The predicted octanol–water partition coefficient (Wildman–Crippen LogP) is 5.94. The van der Waals surface area contributed by atoms with Gasteiger partial charge in [0, 0.05) is 55.5 Å². The Bertz CT molecular complexity index is 1100. The third kappa shape index (κ3) is 5.45. The summed E-state index contributed by atoms with van der Waals surface area (Å²) in [4.78, 5) is 11.9. The van der Waals surface area contributed by atoms with Gasteiger partial charge in [-0.2, -0.15) is 0 Å². The summed E-state index contributed by atoms with van der Waals surface area (Å²) in [5.41, 5.74) is 3.42. The second kappa shape index (κ2) is 10.7. The van der Waals surface area contributed by atoms with E-state index in [2.05, 4.69) is 39.0 Å². The highest BCUT2D eigenvalue weighted by Crippen LogP contribution is 2.37. The molecule has 0 unspecified atom stereocenters. The number of anilines is 2. The van der Waals surface area contributed by atoms with Crippen LogP contribution in [-0.2, 0) is 11.3 Å². The lowest BCUT2D eigenvalue weighted by molar-refractivity contribution is 0.122. The molecule has 0 bridgehead atoms. The Kier molecular flexibility index (Phi) is 7.47. The van der Waals surface area contributed by atoms with E-state index >= 15 is 0 Å². The molecule has 2 aliphatic rings. The molecule has 8 heteroatoms. The molecule has 3 heterocycles. The highest BCUT2D eigenvalue weighted by atomic mass is 35.5. The van der Waals surface area contributed by atoms with Crippen LogP contribution in [0.1, 0.15) is 17.2 Å². The number of aromatic nitrogens is 1. The quantitative estimate of drug-likeness (QED) is 0.418. The molecule has 3 aromatic rings. The van der Waals surface area contributed by atoms with E-state index in [-0.39, 0.29) is 6.04 Å². The van der Waals surface area contributed by atoms with E-state index in [4.69, 9.17) is 44.5 Å². The molecule has 34 heavy (non-hydrogen) atoms. The molecular weight excluding hydrogens is 491 g/mol. The molecule has 1 aromatic heterocycles. The zero-order valence-electron chi connectivity index (χ0n) is 18.8. The minimum absolute atomic E-state index is 0.144. The van der Waals surface area contributed by atoms with Crippen molar-refractivity contribution in [2.75, 3.05) is 55.7 Å². The molecule has 5 rings (SSSR count). The van der Waals surface area contributed by atoms with Crippen molar-refractivity contribution in [1.29, 1.82) is 0 Å². The number of morpholine rings is 1. The van der Waals surface area contributed by atoms with Crippen LogP contribution in [0.2, 0.25) is 15.1 Å². The van der Waals surface area contributed by atoms with Crippen molar-refractivity contribution in [2.45, 2.75) is 12.6 Å². The fraction of sp³-hybridized carbons (Fsp3) is 0.346. The fourth-order valence-corrected chi connectivity index (χ4v) is 5.35. The van der Waals surface area contributed by atoms with Gasteiger partial charge in [0.15, 0.2) is 0 Å². The zero-order valence-corrected chi connectivity index (χ0v) is 21.1. The topological polar surface area (TPSA) is 31.8 Å². The fourth-order valence-electron chi connectivity index (χ4n) is 4.70. The number of ether oxygens (including phenoxy) is 1. The van der Waals surface area contributed by atoms with Crippen molar-refractivity contribution in [3.8, 4) is 0 Å². The summed E-state index contributed by atoms with van der Waals surface area (Å²) >= 11 is 18.9. The smallest absolute Gasteiger partial charge is 0.128 e. The molecule has 0 spiro atoms. The molecule has 0 radical (unpaired) electrons. The molecule has 0 aliphatic carbocycles. The maximum Gasteiger partial charge on any atom is 0.128 e. The zero-order chi connectivity index (χ0) is 23.5. The van der Waals surface area contributed by atoms with Crippen LogP contribution in [0.15, 0.2) is 60.8 Å². The summed E-state index contributed by atoms with van der Waals surface area (Å²) < 4.78 is 5.45. The lowest BCUT2D eigenvalue weighted by Crippen LogP contribution is -2.48. The molecule has 0 amide bonds. The molecule has 2 aliphatic heterocycles. The molecular formula is C26H27Cl3N4O. The number of benzene rings is 2.